The van der Waals surface area contributed by atoms with Gasteiger partial charge in [-0.15, -0.1) is 0 Å². The van der Waals surface area contributed by atoms with Gasteiger partial charge in [0.05, 0.1) is 0 Å². The van der Waals surface area contributed by atoms with E-state index in [9.17, 15) is 4.39 Å². The van der Waals surface area contributed by atoms with Crippen LogP contribution in [0.5, 0.6) is 0 Å². The molecule has 30 heavy (non-hydrogen) atoms. The first-order valence-corrected chi connectivity index (χ1v) is 10.5. The summed E-state index contributed by atoms with van der Waals surface area (Å²) in [6.45, 7) is 10.7. The van der Waals surface area contributed by atoms with Gasteiger partial charge in [-0.2, -0.15) is 0 Å². The van der Waals surface area contributed by atoms with Crippen molar-refractivity contribution in [3.8, 4) is 0 Å². The summed E-state index contributed by atoms with van der Waals surface area (Å²) in [4.78, 5) is 4.64. The van der Waals surface area contributed by atoms with Crippen molar-refractivity contribution in [2.24, 2.45) is 0 Å². The summed E-state index contributed by atoms with van der Waals surface area (Å²) in [5.41, 5.74) is 10.6. The first kappa shape index (κ1) is 21.8. The van der Waals surface area contributed by atoms with Crippen molar-refractivity contribution in [2.75, 3.05) is 12.4 Å². The van der Waals surface area contributed by atoms with E-state index >= 15 is 0 Å². The first-order chi connectivity index (χ1) is 14.3. The van der Waals surface area contributed by atoms with Crippen LogP contribution in [-0.2, 0) is 6.42 Å². The fraction of sp³-hybridized carbons (Fsp3) is 0.296. The lowest BCUT2D eigenvalue weighted by Crippen LogP contribution is -2.04. The van der Waals surface area contributed by atoms with Crippen molar-refractivity contribution in [2.45, 2.75) is 47.0 Å². The molecule has 0 aliphatic carbocycles. The minimum Gasteiger partial charge on any atom is -0.388 e. The Kier molecular flexibility index (Phi) is 6.71. The molecule has 0 amide bonds. The van der Waals surface area contributed by atoms with E-state index in [4.69, 9.17) is 0 Å². The van der Waals surface area contributed by atoms with Gasteiger partial charge < -0.3 is 5.32 Å². The lowest BCUT2D eigenvalue weighted by molar-refractivity contribution is 0.627. The zero-order valence-corrected chi connectivity index (χ0v) is 18.8. The minimum atomic E-state index is -0.197. The third kappa shape index (κ3) is 4.79. The minimum absolute atomic E-state index is 0.197. The number of aryl methyl sites for hydroxylation is 2. The summed E-state index contributed by atoms with van der Waals surface area (Å²) in [6, 6.07) is 17.7. The Morgan fingerprint density at radius 1 is 1.00 bits per heavy atom. The van der Waals surface area contributed by atoms with Crippen LogP contribution in [-0.4, -0.2) is 12.0 Å². The Balaban J connectivity index is 1.98. The van der Waals surface area contributed by atoms with Crippen LogP contribution in [0.3, 0.4) is 0 Å². The number of nitrogens with one attached hydrogen (secondary N) is 1. The maximum absolute atomic E-state index is 13.2. The second kappa shape index (κ2) is 9.25. The molecule has 0 saturated carbocycles. The van der Waals surface area contributed by atoms with Crippen molar-refractivity contribution in [3.63, 3.8) is 0 Å². The van der Waals surface area contributed by atoms with Gasteiger partial charge in [-0.1, -0.05) is 36.8 Å². The van der Waals surface area contributed by atoms with Crippen LogP contribution in [0, 0.1) is 19.7 Å². The highest BCUT2D eigenvalue weighted by Crippen LogP contribution is 2.33. The van der Waals surface area contributed by atoms with Gasteiger partial charge in [0.2, 0.25) is 0 Å². The molecule has 3 heteroatoms. The van der Waals surface area contributed by atoms with Crippen molar-refractivity contribution >= 4 is 11.3 Å². The van der Waals surface area contributed by atoms with Gasteiger partial charge >= 0.3 is 0 Å². The summed E-state index contributed by atoms with van der Waals surface area (Å²) >= 11 is 0. The van der Waals surface area contributed by atoms with Gasteiger partial charge in [0.25, 0.3) is 0 Å². The topological polar surface area (TPSA) is 24.9 Å². The second-order valence-electron chi connectivity index (χ2n) is 8.11. The molecule has 1 unspecified atom stereocenters. The molecule has 0 radical (unpaired) electrons. The molecule has 2 nitrogen and oxygen atoms in total. The molecule has 3 rings (SSSR count). The highest BCUT2D eigenvalue weighted by atomic mass is 19.1. The number of halogens is 1. The molecule has 0 bridgehead atoms. The number of allylic oxidation sites excluding steroid dienone is 2. The summed E-state index contributed by atoms with van der Waals surface area (Å²) in [6.07, 6.45) is 0.802. The number of rotatable bonds is 6. The molecule has 1 N–H and O–H groups in total. The molecule has 3 aromatic rings. The lowest BCUT2D eigenvalue weighted by atomic mass is 9.88. The van der Waals surface area contributed by atoms with Crippen molar-refractivity contribution in [1.29, 1.82) is 0 Å². The SMILES string of the molecule is CNc1ccc(C(C)c2ccc(C)nc2C)cc1/C(C)=C(\C)Cc1ccc(F)cc1. The second-order valence-corrected chi connectivity index (χ2v) is 8.11. The third-order valence-electron chi connectivity index (χ3n) is 5.97. The van der Waals surface area contributed by atoms with Crippen molar-refractivity contribution in [3.05, 3.63) is 99.6 Å². The van der Waals surface area contributed by atoms with Gasteiger partial charge in [0, 0.05) is 35.6 Å². The van der Waals surface area contributed by atoms with Crippen LogP contribution >= 0.6 is 0 Å². The van der Waals surface area contributed by atoms with E-state index in [-0.39, 0.29) is 11.7 Å². The highest BCUT2D eigenvalue weighted by molar-refractivity contribution is 5.78. The monoisotopic (exact) mass is 402 g/mol. The Hall–Kier alpha value is -2.94. The number of anilines is 1. The van der Waals surface area contributed by atoms with E-state index in [0.717, 1.165) is 29.1 Å². The maximum atomic E-state index is 13.2. The van der Waals surface area contributed by atoms with Crippen LogP contribution in [0.25, 0.3) is 5.57 Å². The molecule has 2 aromatic carbocycles. The largest absolute Gasteiger partial charge is 0.388 e. The molecular weight excluding hydrogens is 371 g/mol. The zero-order valence-electron chi connectivity index (χ0n) is 18.8. The van der Waals surface area contributed by atoms with Gasteiger partial charge in [0.15, 0.2) is 0 Å². The zero-order chi connectivity index (χ0) is 21.8. The average molecular weight is 403 g/mol. The molecule has 0 fully saturated rings. The quantitative estimate of drug-likeness (QED) is 0.477. The highest BCUT2D eigenvalue weighted by Gasteiger charge is 2.15. The molecule has 0 aliphatic heterocycles. The molecule has 0 saturated heterocycles. The van der Waals surface area contributed by atoms with E-state index in [1.165, 1.54) is 40.0 Å². The Bertz CT molecular complexity index is 1060. The number of nitrogens with zero attached hydrogens (tertiary/aromatic N) is 1. The van der Waals surface area contributed by atoms with Crippen LogP contribution in [0.4, 0.5) is 10.1 Å². The summed E-state index contributed by atoms with van der Waals surface area (Å²) in [5.74, 6) is 0.0603. The van der Waals surface area contributed by atoms with Crippen molar-refractivity contribution < 1.29 is 4.39 Å². The number of aromatic nitrogens is 1. The molecule has 0 spiro atoms. The summed E-state index contributed by atoms with van der Waals surface area (Å²) in [5, 5.41) is 3.33. The van der Waals surface area contributed by atoms with Crippen LogP contribution in [0.15, 0.2) is 60.2 Å². The normalized spacial score (nSPS) is 13.0. The first-order valence-electron chi connectivity index (χ1n) is 10.5. The van der Waals surface area contributed by atoms with Gasteiger partial charge in [-0.05, 0) is 86.7 Å². The standard InChI is InChI=1S/C27H31FN2/c1-17(15-22-8-11-24(28)12-9-22)19(3)26-16-23(10-14-27(26)29-6)20(4)25-13-7-18(2)30-21(25)5/h7-14,16,20,29H,15H2,1-6H3/b19-17+. The van der Waals surface area contributed by atoms with Gasteiger partial charge in [0.1, 0.15) is 5.82 Å². The van der Waals surface area contributed by atoms with Gasteiger partial charge in [-0.25, -0.2) is 4.39 Å². The molecule has 1 heterocycles. The predicted molar refractivity (Wildman–Crippen MR) is 126 cm³/mol. The number of hydrogen-bond acceptors (Lipinski definition) is 2. The van der Waals surface area contributed by atoms with E-state index in [2.05, 4.69) is 68.3 Å². The van der Waals surface area contributed by atoms with Crippen LogP contribution < -0.4 is 5.32 Å². The molecule has 1 atom stereocenters. The molecule has 1 aromatic heterocycles. The van der Waals surface area contributed by atoms with Crippen LogP contribution in [0.2, 0.25) is 0 Å². The maximum Gasteiger partial charge on any atom is 0.123 e. The lowest BCUT2D eigenvalue weighted by Gasteiger charge is -2.19. The molecule has 0 aliphatic rings. The summed E-state index contributed by atoms with van der Waals surface area (Å²) in [7, 11) is 1.96. The molecule has 156 valence electrons. The Morgan fingerprint density at radius 3 is 2.33 bits per heavy atom. The predicted octanol–water partition coefficient (Wildman–Crippen LogP) is 7.07. The third-order valence-corrected chi connectivity index (χ3v) is 5.97. The van der Waals surface area contributed by atoms with E-state index < -0.39 is 0 Å². The average Bonchev–Trinajstić information content (AvgIpc) is 2.74. The van der Waals surface area contributed by atoms with E-state index in [1.807, 2.05) is 26.1 Å². The fourth-order valence-corrected chi connectivity index (χ4v) is 3.96. The fourth-order valence-electron chi connectivity index (χ4n) is 3.96. The van der Waals surface area contributed by atoms with E-state index in [0.29, 0.717) is 0 Å². The summed E-state index contributed by atoms with van der Waals surface area (Å²) < 4.78 is 13.2. The Labute approximate surface area is 179 Å². The van der Waals surface area contributed by atoms with E-state index in [1.54, 1.807) is 0 Å². The van der Waals surface area contributed by atoms with Crippen molar-refractivity contribution in [1.82, 2.24) is 4.98 Å². The van der Waals surface area contributed by atoms with Crippen LogP contribution in [0.1, 0.15) is 60.3 Å². The Morgan fingerprint density at radius 2 is 1.70 bits per heavy atom. The van der Waals surface area contributed by atoms with Gasteiger partial charge in [-0.3, -0.25) is 4.98 Å². The smallest absolute Gasteiger partial charge is 0.123 e. The number of pyridine rings is 1. The number of hydrogen-bond donors (Lipinski definition) is 1. The molecular formula is C27H31FN2. The number of benzene rings is 2.